The van der Waals surface area contributed by atoms with Gasteiger partial charge < -0.3 is 9.47 Å². The second-order valence-corrected chi connectivity index (χ2v) is 10.4. The molecule has 0 saturated heterocycles. The fourth-order valence-corrected chi connectivity index (χ4v) is 7.41. The Balaban J connectivity index is 1.43. The van der Waals surface area contributed by atoms with Crippen LogP contribution in [0.4, 0.5) is 0 Å². The monoisotopic (exact) mass is 426 g/mol. The van der Waals surface area contributed by atoms with Gasteiger partial charge in [-0.25, -0.2) is 4.79 Å². The standard InChI is InChI=1S/C29H30O3/c1-31-27-8-7-23(14-26(27)29-15-18-9-19(16-29)11-20(10-18)17-29)22-5-3-21-4-6-24(28(30)32-2)13-25(21)12-22/h3-8,12-14,18-20H,9-11,15-17H2,1-2H3. The lowest BCUT2D eigenvalue weighted by Crippen LogP contribution is -2.48. The van der Waals surface area contributed by atoms with Crippen LogP contribution in [0.25, 0.3) is 21.9 Å². The van der Waals surface area contributed by atoms with Gasteiger partial charge >= 0.3 is 5.97 Å². The van der Waals surface area contributed by atoms with Crippen LogP contribution in [-0.2, 0) is 10.2 Å². The quantitative estimate of drug-likeness (QED) is 0.432. The average molecular weight is 427 g/mol. The van der Waals surface area contributed by atoms with Crippen LogP contribution < -0.4 is 4.74 Å². The average Bonchev–Trinajstić information content (AvgIpc) is 2.81. The molecule has 0 N–H and O–H groups in total. The maximum Gasteiger partial charge on any atom is 0.337 e. The second kappa shape index (κ2) is 7.37. The van der Waals surface area contributed by atoms with Crippen LogP contribution >= 0.6 is 0 Å². The highest BCUT2D eigenvalue weighted by Gasteiger charge is 2.52. The smallest absolute Gasteiger partial charge is 0.337 e. The lowest BCUT2D eigenvalue weighted by atomic mass is 9.48. The summed E-state index contributed by atoms with van der Waals surface area (Å²) >= 11 is 0. The lowest BCUT2D eigenvalue weighted by molar-refractivity contribution is -0.00613. The molecule has 0 unspecified atom stereocenters. The molecule has 3 heteroatoms. The first-order valence-electron chi connectivity index (χ1n) is 11.9. The first-order chi connectivity index (χ1) is 15.6. The fraction of sp³-hybridized carbons (Fsp3) is 0.414. The van der Waals surface area contributed by atoms with E-state index in [1.54, 1.807) is 0 Å². The van der Waals surface area contributed by atoms with Crippen molar-refractivity contribution in [1.82, 2.24) is 0 Å². The molecule has 4 bridgehead atoms. The number of ether oxygens (including phenoxy) is 2. The lowest BCUT2D eigenvalue weighted by Gasteiger charge is -2.57. The van der Waals surface area contributed by atoms with Crippen molar-refractivity contribution in [1.29, 1.82) is 0 Å². The van der Waals surface area contributed by atoms with Crippen molar-refractivity contribution >= 4 is 16.7 Å². The second-order valence-electron chi connectivity index (χ2n) is 10.4. The third-order valence-electron chi connectivity index (χ3n) is 8.40. The van der Waals surface area contributed by atoms with Gasteiger partial charge in [-0.2, -0.15) is 0 Å². The topological polar surface area (TPSA) is 35.5 Å². The van der Waals surface area contributed by atoms with E-state index in [4.69, 9.17) is 9.47 Å². The van der Waals surface area contributed by atoms with E-state index >= 15 is 0 Å². The largest absolute Gasteiger partial charge is 0.496 e. The van der Waals surface area contributed by atoms with Gasteiger partial charge in [-0.05, 0) is 114 Å². The first-order valence-corrected chi connectivity index (χ1v) is 11.9. The third-order valence-corrected chi connectivity index (χ3v) is 8.40. The van der Waals surface area contributed by atoms with Gasteiger partial charge in [0.15, 0.2) is 0 Å². The van der Waals surface area contributed by atoms with Crippen molar-refractivity contribution in [2.24, 2.45) is 17.8 Å². The van der Waals surface area contributed by atoms with Crippen LogP contribution in [-0.4, -0.2) is 20.2 Å². The highest BCUT2D eigenvalue weighted by atomic mass is 16.5. The van der Waals surface area contributed by atoms with E-state index in [1.165, 1.54) is 62.3 Å². The van der Waals surface area contributed by atoms with E-state index in [1.807, 2.05) is 25.3 Å². The maximum absolute atomic E-state index is 12.0. The molecule has 3 aromatic rings. The number of rotatable bonds is 4. The van der Waals surface area contributed by atoms with Gasteiger partial charge in [0.1, 0.15) is 5.75 Å². The van der Waals surface area contributed by atoms with Gasteiger partial charge in [0.25, 0.3) is 0 Å². The zero-order valence-corrected chi connectivity index (χ0v) is 18.9. The SMILES string of the molecule is COC(=O)c1ccc2ccc(-c3ccc(OC)c(C45CC6CC(CC(C6)C4)C5)c3)cc2c1. The van der Waals surface area contributed by atoms with Crippen LogP contribution in [0, 0.1) is 17.8 Å². The predicted molar refractivity (Wildman–Crippen MR) is 127 cm³/mol. The van der Waals surface area contributed by atoms with E-state index in [0.717, 1.165) is 34.3 Å². The number of carbonyl (C=O) groups is 1. The molecule has 4 fully saturated rings. The van der Waals surface area contributed by atoms with Crippen molar-refractivity contribution in [3.8, 4) is 16.9 Å². The molecule has 32 heavy (non-hydrogen) atoms. The number of methoxy groups -OCH3 is 2. The summed E-state index contributed by atoms with van der Waals surface area (Å²) in [5, 5.41) is 2.17. The third kappa shape index (κ3) is 3.13. The molecule has 0 amide bonds. The highest BCUT2D eigenvalue weighted by Crippen LogP contribution is 2.62. The van der Waals surface area contributed by atoms with Gasteiger partial charge in [-0.3, -0.25) is 0 Å². The molecule has 0 radical (unpaired) electrons. The predicted octanol–water partition coefficient (Wildman–Crippen LogP) is 6.77. The Labute approximate surface area is 189 Å². The van der Waals surface area contributed by atoms with E-state index in [-0.39, 0.29) is 11.4 Å². The molecule has 3 nitrogen and oxygen atoms in total. The molecule has 0 aliphatic heterocycles. The Kier molecular flexibility index (Phi) is 4.57. The molecule has 4 saturated carbocycles. The molecule has 0 heterocycles. The van der Waals surface area contributed by atoms with Crippen LogP contribution in [0.5, 0.6) is 5.75 Å². The van der Waals surface area contributed by atoms with Gasteiger partial charge in [0, 0.05) is 5.56 Å². The summed E-state index contributed by atoms with van der Waals surface area (Å²) in [4.78, 5) is 12.0. The number of benzene rings is 3. The summed E-state index contributed by atoms with van der Waals surface area (Å²) in [6, 6.07) is 19.0. The number of fused-ring (bicyclic) bond motifs is 1. The summed E-state index contributed by atoms with van der Waals surface area (Å²) in [5.74, 6) is 3.43. The minimum absolute atomic E-state index is 0.283. The maximum atomic E-state index is 12.0. The Bertz CT molecular complexity index is 1170. The van der Waals surface area contributed by atoms with Gasteiger partial charge in [-0.1, -0.05) is 24.3 Å². The molecular formula is C29H30O3. The molecule has 4 aliphatic rings. The van der Waals surface area contributed by atoms with Crippen molar-refractivity contribution < 1.29 is 14.3 Å². The summed E-state index contributed by atoms with van der Waals surface area (Å²) in [5.41, 5.74) is 4.68. The Morgan fingerprint density at radius 3 is 2.06 bits per heavy atom. The molecule has 7 rings (SSSR count). The van der Waals surface area contributed by atoms with Gasteiger partial charge in [0.2, 0.25) is 0 Å². The molecule has 0 atom stereocenters. The van der Waals surface area contributed by atoms with Crippen LogP contribution in [0.1, 0.15) is 54.4 Å². The number of carbonyl (C=O) groups excluding carboxylic acids is 1. The number of hydrogen-bond donors (Lipinski definition) is 0. The van der Waals surface area contributed by atoms with Crippen molar-refractivity contribution in [2.75, 3.05) is 14.2 Å². The molecule has 0 spiro atoms. The van der Waals surface area contributed by atoms with Crippen LogP contribution in [0.3, 0.4) is 0 Å². The van der Waals surface area contributed by atoms with E-state index in [9.17, 15) is 4.79 Å². The molecule has 4 aliphatic carbocycles. The molecule has 0 aromatic heterocycles. The Hall–Kier alpha value is -2.81. The minimum atomic E-state index is -0.300. The summed E-state index contributed by atoms with van der Waals surface area (Å²) in [6.07, 6.45) is 8.27. The van der Waals surface area contributed by atoms with E-state index in [2.05, 4.69) is 36.4 Å². The first kappa shape index (κ1) is 19.8. The van der Waals surface area contributed by atoms with Crippen molar-refractivity contribution in [3.63, 3.8) is 0 Å². The Morgan fingerprint density at radius 1 is 0.781 bits per heavy atom. The molecule has 3 aromatic carbocycles. The molecular weight excluding hydrogens is 396 g/mol. The summed E-state index contributed by atoms with van der Waals surface area (Å²) in [7, 11) is 3.23. The van der Waals surface area contributed by atoms with Crippen molar-refractivity contribution in [3.05, 3.63) is 65.7 Å². The normalized spacial score (nSPS) is 28.1. The fourth-order valence-electron chi connectivity index (χ4n) is 7.41. The number of hydrogen-bond acceptors (Lipinski definition) is 3. The summed E-state index contributed by atoms with van der Waals surface area (Å²) < 4.78 is 10.8. The van der Waals surface area contributed by atoms with Crippen molar-refractivity contribution in [2.45, 2.75) is 43.9 Å². The highest BCUT2D eigenvalue weighted by molar-refractivity contribution is 5.96. The Morgan fingerprint density at radius 2 is 1.41 bits per heavy atom. The van der Waals surface area contributed by atoms with E-state index in [0.29, 0.717) is 5.56 Å². The summed E-state index contributed by atoms with van der Waals surface area (Å²) in [6.45, 7) is 0. The molecule has 164 valence electrons. The van der Waals surface area contributed by atoms with Crippen LogP contribution in [0.2, 0.25) is 0 Å². The zero-order chi connectivity index (χ0) is 21.9. The van der Waals surface area contributed by atoms with E-state index < -0.39 is 0 Å². The zero-order valence-electron chi connectivity index (χ0n) is 18.9. The van der Waals surface area contributed by atoms with Crippen LogP contribution in [0.15, 0.2) is 54.6 Å². The van der Waals surface area contributed by atoms with Gasteiger partial charge in [-0.15, -0.1) is 0 Å². The van der Waals surface area contributed by atoms with Gasteiger partial charge in [0.05, 0.1) is 19.8 Å². The minimum Gasteiger partial charge on any atom is -0.496 e. The number of esters is 1.